The van der Waals surface area contributed by atoms with Crippen molar-refractivity contribution in [2.75, 3.05) is 20.3 Å². The van der Waals surface area contributed by atoms with Crippen LogP contribution in [0.3, 0.4) is 0 Å². The Morgan fingerprint density at radius 1 is 0.930 bits per heavy atom. The first-order chi connectivity index (χ1) is 26.5. The lowest BCUT2D eigenvalue weighted by molar-refractivity contribution is -0.235. The van der Waals surface area contributed by atoms with Crippen LogP contribution >= 0.6 is 11.6 Å². The number of rotatable bonds is 12. The predicted molar refractivity (Wildman–Crippen MR) is 220 cm³/mol. The molecule has 316 valence electrons. The molecule has 0 aliphatic heterocycles. The molecule has 57 heavy (non-hydrogen) atoms. The van der Waals surface area contributed by atoms with Gasteiger partial charge >= 0.3 is 11.9 Å². The van der Waals surface area contributed by atoms with Crippen molar-refractivity contribution in [2.24, 2.45) is 56.2 Å². The highest BCUT2D eigenvalue weighted by Crippen LogP contribution is 2.77. The molecule has 0 spiro atoms. The van der Waals surface area contributed by atoms with E-state index in [0.29, 0.717) is 29.8 Å². The number of carbonyl (C=O) groups excluding carboxylic acids is 3. The fourth-order valence-electron chi connectivity index (χ4n) is 13.6. The fraction of sp³-hybridized carbons (Fsp3) is 0.745. The van der Waals surface area contributed by atoms with Crippen molar-refractivity contribution < 1.29 is 38.9 Å². The second kappa shape index (κ2) is 15.4. The Kier molecular flexibility index (Phi) is 11.8. The number of ketones is 1. The number of benzene rings is 1. The normalized spacial score (nSPS) is 35.1. The summed E-state index contributed by atoms with van der Waals surface area (Å²) in [6.45, 7) is 19.6. The minimum Gasteiger partial charge on any atom is -0.481 e. The molecule has 10 heteroatoms. The molecule has 9 nitrogen and oxygen atoms in total. The van der Waals surface area contributed by atoms with Gasteiger partial charge in [0.2, 0.25) is 5.91 Å². The quantitative estimate of drug-likeness (QED) is 0.200. The molecule has 4 saturated carbocycles. The molecule has 9 atom stereocenters. The van der Waals surface area contributed by atoms with E-state index in [1.54, 1.807) is 30.9 Å². The van der Waals surface area contributed by atoms with Gasteiger partial charge in [-0.05, 0) is 128 Å². The van der Waals surface area contributed by atoms with Crippen molar-refractivity contribution in [3.8, 4) is 0 Å². The van der Waals surface area contributed by atoms with E-state index in [-0.39, 0.29) is 77.3 Å². The number of aliphatic carboxylic acids is 1. The molecule has 1 amide bonds. The third-order valence-electron chi connectivity index (χ3n) is 16.8. The highest BCUT2D eigenvalue weighted by atomic mass is 35.5. The molecular formula is C47H68ClNO8. The molecule has 5 aliphatic carbocycles. The van der Waals surface area contributed by atoms with Gasteiger partial charge in [-0.3, -0.25) is 19.2 Å². The lowest BCUT2D eigenvalue weighted by atomic mass is 9.33. The van der Waals surface area contributed by atoms with E-state index in [0.717, 1.165) is 56.1 Å². The average molecular weight is 811 g/mol. The van der Waals surface area contributed by atoms with Gasteiger partial charge in [-0.15, -0.1) is 0 Å². The number of hydrogen-bond donors (Lipinski definition) is 2. The van der Waals surface area contributed by atoms with Gasteiger partial charge in [-0.25, -0.2) is 0 Å². The fourth-order valence-corrected chi connectivity index (χ4v) is 13.7. The summed E-state index contributed by atoms with van der Waals surface area (Å²) in [5.41, 5.74) is 0.615. The molecule has 1 unspecified atom stereocenters. The third kappa shape index (κ3) is 7.21. The summed E-state index contributed by atoms with van der Waals surface area (Å²) < 4.78 is 11.4. The first-order valence-electron chi connectivity index (χ1n) is 21.4. The van der Waals surface area contributed by atoms with Crippen LogP contribution < -0.4 is 0 Å². The molecular weight excluding hydrogens is 742 g/mol. The number of carboxylic acids is 1. The van der Waals surface area contributed by atoms with Gasteiger partial charge in [0.25, 0.3) is 0 Å². The van der Waals surface area contributed by atoms with Crippen LogP contribution in [-0.4, -0.2) is 71.2 Å². The molecule has 6 rings (SSSR count). The number of methoxy groups -OCH3 is 1. The maximum atomic E-state index is 14.3. The minimum absolute atomic E-state index is 0.00635. The van der Waals surface area contributed by atoms with Gasteiger partial charge in [0.15, 0.2) is 5.78 Å². The summed E-state index contributed by atoms with van der Waals surface area (Å²) in [6, 6.07) is 7.39. The van der Waals surface area contributed by atoms with Crippen molar-refractivity contribution in [2.45, 2.75) is 145 Å². The smallest absolute Gasteiger partial charge is 0.309 e. The van der Waals surface area contributed by atoms with Gasteiger partial charge in [0, 0.05) is 42.5 Å². The highest BCUT2D eigenvalue weighted by molar-refractivity contribution is 6.30. The number of nitrogens with zero attached hydrogens (tertiary/aromatic N) is 1. The molecule has 1 aromatic carbocycles. The number of Topliss-reactive ketones (excluding diaryl/α,β-unsaturated/α-hetero) is 1. The van der Waals surface area contributed by atoms with Crippen LogP contribution in [0.4, 0.5) is 0 Å². The Balaban J connectivity index is 1.30. The van der Waals surface area contributed by atoms with Crippen LogP contribution in [0.2, 0.25) is 5.02 Å². The van der Waals surface area contributed by atoms with E-state index in [1.807, 2.05) is 12.1 Å². The molecule has 0 radical (unpaired) electrons. The van der Waals surface area contributed by atoms with E-state index in [2.05, 4.69) is 48.5 Å². The number of carboxylic acid groups (broad SMARTS) is 1. The van der Waals surface area contributed by atoms with Crippen molar-refractivity contribution in [3.05, 3.63) is 46.0 Å². The van der Waals surface area contributed by atoms with Crippen molar-refractivity contribution in [1.82, 2.24) is 4.90 Å². The van der Waals surface area contributed by atoms with E-state index < -0.39 is 28.9 Å². The largest absolute Gasteiger partial charge is 0.481 e. The Labute approximate surface area is 345 Å². The molecule has 4 fully saturated rings. The number of carbonyl (C=O) groups is 4. The summed E-state index contributed by atoms with van der Waals surface area (Å²) in [7, 11) is 1.50. The van der Waals surface area contributed by atoms with E-state index in [1.165, 1.54) is 12.7 Å². The summed E-state index contributed by atoms with van der Waals surface area (Å²) in [5, 5.41) is 22.8. The van der Waals surface area contributed by atoms with Gasteiger partial charge < -0.3 is 24.6 Å². The number of ether oxygens (including phenoxy) is 2. The zero-order valence-corrected chi connectivity index (χ0v) is 36.9. The molecule has 0 heterocycles. The summed E-state index contributed by atoms with van der Waals surface area (Å²) >= 11 is 6.17. The van der Waals surface area contributed by atoms with E-state index in [4.69, 9.17) is 21.1 Å². The maximum Gasteiger partial charge on any atom is 0.309 e. The van der Waals surface area contributed by atoms with Crippen LogP contribution in [0.15, 0.2) is 35.4 Å². The van der Waals surface area contributed by atoms with Gasteiger partial charge in [0.1, 0.15) is 12.7 Å². The first kappa shape index (κ1) is 43.8. The summed E-state index contributed by atoms with van der Waals surface area (Å²) in [5.74, 6) is -0.630. The van der Waals surface area contributed by atoms with Crippen molar-refractivity contribution in [1.29, 1.82) is 0 Å². The number of fused-ring (bicyclic) bond motifs is 7. The van der Waals surface area contributed by atoms with Gasteiger partial charge in [-0.1, -0.05) is 77.8 Å². The lowest BCUT2D eigenvalue weighted by Gasteiger charge is -2.72. The predicted octanol–water partition coefficient (Wildman–Crippen LogP) is 9.07. The van der Waals surface area contributed by atoms with Gasteiger partial charge in [-0.2, -0.15) is 0 Å². The number of esters is 1. The SMILES string of the molecule is COCC(=O)N(Cc1ccc(Cl)cc1)C[C@H](O)[C@@]12CC[C@]3(C)[C@H](CC[C@@H]4[C@@]5(C)CC[C@H](OC(=O)CC(C)(C)C(=O)O)C(C)(C)C5CC[C@]43C)C1=C(C(C)C)C(=O)C2. The van der Waals surface area contributed by atoms with Crippen LogP contribution in [0.1, 0.15) is 132 Å². The maximum absolute atomic E-state index is 14.3. The molecule has 0 saturated heterocycles. The number of amides is 1. The number of allylic oxidation sites excluding steroid dienone is 1. The Bertz CT molecular complexity index is 1780. The summed E-state index contributed by atoms with van der Waals surface area (Å²) in [6.07, 6.45) is 6.13. The minimum atomic E-state index is -1.19. The molecule has 1 aromatic rings. The Morgan fingerprint density at radius 2 is 1.60 bits per heavy atom. The standard InChI is InChI=1S/C47H68ClNO8/c1-28(2)39-32(50)23-47(35(51)26-49(37(52)27-56-10)25-29-11-13-30(48)14-12-29)22-21-45(8)31(40(39)47)15-16-34-44(7)19-18-36(57-38(53)24-42(3,4)41(54)55)43(5,6)33(44)17-20-46(34,45)9/h11-14,28,31,33-36,51H,15-27H2,1-10H3,(H,54,55)/t31-,33?,34-,35+,36+,44+,45-,46-,47+/m1/s1. The van der Waals surface area contributed by atoms with Crippen molar-refractivity contribution >= 4 is 35.2 Å². The Hall–Kier alpha value is -2.75. The second-order valence-corrected chi connectivity index (χ2v) is 21.3. The number of aliphatic hydroxyl groups is 1. The second-order valence-electron chi connectivity index (χ2n) is 20.9. The molecule has 5 aliphatic rings. The third-order valence-corrected chi connectivity index (χ3v) is 17.1. The van der Waals surface area contributed by atoms with E-state index in [9.17, 15) is 29.4 Å². The van der Waals surface area contributed by atoms with Crippen LogP contribution in [0.5, 0.6) is 0 Å². The average Bonchev–Trinajstić information content (AvgIpc) is 3.43. The topological polar surface area (TPSA) is 130 Å². The van der Waals surface area contributed by atoms with E-state index >= 15 is 0 Å². The highest BCUT2D eigenvalue weighted by Gasteiger charge is 2.71. The zero-order valence-electron chi connectivity index (χ0n) is 36.1. The number of hydrogen-bond acceptors (Lipinski definition) is 7. The van der Waals surface area contributed by atoms with Gasteiger partial charge in [0.05, 0.1) is 17.9 Å². The lowest BCUT2D eigenvalue weighted by Crippen LogP contribution is -2.66. The molecule has 0 aromatic heterocycles. The van der Waals surface area contributed by atoms with Crippen LogP contribution in [0.25, 0.3) is 0 Å². The monoisotopic (exact) mass is 809 g/mol. The number of halogens is 1. The van der Waals surface area contributed by atoms with Crippen LogP contribution in [-0.2, 0) is 35.2 Å². The van der Waals surface area contributed by atoms with Crippen molar-refractivity contribution in [3.63, 3.8) is 0 Å². The number of aliphatic hydroxyl groups excluding tert-OH is 1. The molecule has 2 N–H and O–H groups in total. The van der Waals surface area contributed by atoms with Crippen LogP contribution in [0, 0.1) is 56.2 Å². The summed E-state index contributed by atoms with van der Waals surface area (Å²) in [4.78, 5) is 54.4. The zero-order chi connectivity index (χ0) is 42.1. The molecule has 0 bridgehead atoms. The first-order valence-corrected chi connectivity index (χ1v) is 21.8. The Morgan fingerprint density at radius 3 is 2.21 bits per heavy atom.